The van der Waals surface area contributed by atoms with Crippen molar-refractivity contribution in [2.45, 2.75) is 38.5 Å². The highest BCUT2D eigenvalue weighted by Gasteiger charge is 2.24. The third-order valence-electron chi connectivity index (χ3n) is 8.57. The maximum Gasteiger partial charge on any atom is 0.184 e. The number of halogens is 2. The smallest absolute Gasteiger partial charge is 0.184 e. The van der Waals surface area contributed by atoms with Gasteiger partial charge in [0.2, 0.25) is 0 Å². The first-order valence-electron chi connectivity index (χ1n) is 16.2. The number of aromatic nitrogens is 3. The summed E-state index contributed by atoms with van der Waals surface area (Å²) in [5.74, 6) is -0.602. The van der Waals surface area contributed by atoms with Crippen LogP contribution in [0.1, 0.15) is 36.3 Å². The molecule has 4 heterocycles. The normalized spacial score (nSPS) is 16.0. The van der Waals surface area contributed by atoms with Gasteiger partial charge in [-0.15, -0.1) is 11.3 Å². The maximum atomic E-state index is 14.1. The molecule has 2 aliphatic heterocycles. The molecule has 2 aromatic heterocycles. The van der Waals surface area contributed by atoms with Crippen LogP contribution in [-0.2, 0) is 18.4 Å². The molecule has 0 aliphatic carbocycles. The first-order chi connectivity index (χ1) is 23.6. The number of aldehydes is 1. The van der Waals surface area contributed by atoms with Gasteiger partial charge in [-0.25, -0.2) is 18.8 Å². The Morgan fingerprint density at radius 3 is 2.67 bits per heavy atom. The molecule has 4 N–H and O–H groups in total. The third kappa shape index (κ3) is 9.38. The number of anilines is 3. The highest BCUT2D eigenvalue weighted by molar-refractivity contribution is 7.16. The van der Waals surface area contributed by atoms with E-state index in [1.54, 1.807) is 11.0 Å². The number of amidine groups is 1. The fraction of sp³-hybridized carbons (Fsp3) is 0.412. The largest absolute Gasteiger partial charge is 0.490 e. The first kappa shape index (κ1) is 35.9. The lowest BCUT2D eigenvalue weighted by molar-refractivity contribution is -0.102. The van der Waals surface area contributed by atoms with Gasteiger partial charge in [-0.1, -0.05) is 6.07 Å². The van der Waals surface area contributed by atoms with E-state index in [0.717, 1.165) is 78.8 Å². The molecule has 0 unspecified atom stereocenters. The number of piperidine rings is 1. The Labute approximate surface area is 288 Å². The Morgan fingerprint density at radius 2 is 2.02 bits per heavy atom. The summed E-state index contributed by atoms with van der Waals surface area (Å²) in [4.78, 5) is 26.8. The first-order valence-corrected chi connectivity index (χ1v) is 17.0. The van der Waals surface area contributed by atoms with Gasteiger partial charge in [-0.3, -0.25) is 9.48 Å². The van der Waals surface area contributed by atoms with Crippen LogP contribution in [0.4, 0.5) is 30.8 Å². The van der Waals surface area contributed by atoms with Crippen LogP contribution in [-0.4, -0.2) is 89.3 Å². The topological polar surface area (TPSA) is 137 Å². The highest BCUT2D eigenvalue weighted by Crippen LogP contribution is 2.43. The molecule has 2 aliphatic rings. The molecule has 1 atom stereocenters. The average Bonchev–Trinajstić information content (AvgIpc) is 3.75. The van der Waals surface area contributed by atoms with E-state index in [9.17, 15) is 18.7 Å². The number of aryl methyl sites for hydroxylation is 1. The van der Waals surface area contributed by atoms with Gasteiger partial charge in [0.1, 0.15) is 41.6 Å². The second-order valence-corrected chi connectivity index (χ2v) is 13.0. The number of fused-ring (bicyclic) bond motifs is 1. The van der Waals surface area contributed by atoms with Crippen LogP contribution >= 0.6 is 11.3 Å². The number of carbonyl (C=O) groups is 1. The zero-order valence-corrected chi connectivity index (χ0v) is 28.7. The van der Waals surface area contributed by atoms with Crippen molar-refractivity contribution in [1.29, 1.82) is 0 Å². The van der Waals surface area contributed by atoms with Gasteiger partial charge >= 0.3 is 0 Å². The number of carbonyl (C=O) groups excluding carboxylic acids is 1. The number of likely N-dealkylation sites (N-methyl/N-ethyl adjacent to an activating group) is 1. The van der Waals surface area contributed by atoms with Crippen LogP contribution in [0.15, 0.2) is 60.1 Å². The molecule has 0 amide bonds. The molecule has 0 saturated carbocycles. The lowest BCUT2D eigenvalue weighted by Gasteiger charge is -2.33. The Bertz CT molecular complexity index is 1710. The number of benzene rings is 2. The van der Waals surface area contributed by atoms with Crippen molar-refractivity contribution in [1.82, 2.24) is 25.0 Å². The minimum Gasteiger partial charge on any atom is -0.490 e. The molecule has 0 radical (unpaired) electrons. The van der Waals surface area contributed by atoms with Gasteiger partial charge in [-0.05, 0) is 63.2 Å². The van der Waals surface area contributed by atoms with Crippen molar-refractivity contribution in [2.75, 3.05) is 56.2 Å². The van der Waals surface area contributed by atoms with Crippen LogP contribution in [0.2, 0.25) is 0 Å². The molecule has 15 heteroatoms. The van der Waals surface area contributed by atoms with Crippen molar-refractivity contribution in [3.63, 3.8) is 0 Å². The molecule has 0 bridgehead atoms. The lowest BCUT2D eigenvalue weighted by atomic mass is 10.0. The van der Waals surface area contributed by atoms with E-state index in [1.165, 1.54) is 23.7 Å². The number of hydrogen-bond acceptors (Lipinski definition) is 11. The predicted octanol–water partition coefficient (Wildman–Crippen LogP) is 4.30. The quantitative estimate of drug-likeness (QED) is 0.118. The molecule has 2 aromatic carbocycles. The van der Waals surface area contributed by atoms with E-state index in [2.05, 4.69) is 49.2 Å². The van der Waals surface area contributed by atoms with Crippen LogP contribution in [0.3, 0.4) is 0 Å². The molecule has 4 aromatic rings. The molecule has 1 saturated heterocycles. The Kier molecular flexibility index (Phi) is 12.3. The zero-order valence-electron chi connectivity index (χ0n) is 27.9. The Morgan fingerprint density at radius 1 is 1.22 bits per heavy atom. The fourth-order valence-corrected chi connectivity index (χ4v) is 6.88. The highest BCUT2D eigenvalue weighted by atomic mass is 32.1. The summed E-state index contributed by atoms with van der Waals surface area (Å²) in [6.45, 7) is 6.92. The van der Waals surface area contributed by atoms with Gasteiger partial charge in [-0.2, -0.15) is 5.10 Å². The summed E-state index contributed by atoms with van der Waals surface area (Å²) in [6, 6.07) is 11.7. The van der Waals surface area contributed by atoms with Crippen molar-refractivity contribution in [2.24, 2.45) is 17.8 Å². The number of rotatable bonds is 11. The second kappa shape index (κ2) is 16.8. The fourth-order valence-electron chi connectivity index (χ4n) is 5.86. The minimum atomic E-state index is -1.02. The molecule has 49 heavy (non-hydrogen) atoms. The van der Waals surface area contributed by atoms with Crippen molar-refractivity contribution in [3.05, 3.63) is 77.2 Å². The SMILES string of the molecule is CCN1CCOc2ccc(N(C)c3cc(CNC4CCN(C[C@H](O)c5ccc(F)cc5F)CC4)sc3/N=C(/N)C=O)cc21.Cn1cncn1. The van der Waals surface area contributed by atoms with Gasteiger partial charge in [0.15, 0.2) is 12.1 Å². The predicted molar refractivity (Wildman–Crippen MR) is 188 cm³/mol. The summed E-state index contributed by atoms with van der Waals surface area (Å²) in [5.41, 5.74) is 8.79. The van der Waals surface area contributed by atoms with Crippen LogP contribution in [0, 0.1) is 11.6 Å². The van der Waals surface area contributed by atoms with E-state index < -0.39 is 17.7 Å². The third-order valence-corrected chi connectivity index (χ3v) is 9.59. The summed E-state index contributed by atoms with van der Waals surface area (Å²) < 4.78 is 34.8. The molecule has 12 nitrogen and oxygen atoms in total. The second-order valence-electron chi connectivity index (χ2n) is 11.9. The molecule has 0 spiro atoms. The zero-order chi connectivity index (χ0) is 34.9. The van der Waals surface area contributed by atoms with E-state index in [0.29, 0.717) is 31.0 Å². The van der Waals surface area contributed by atoms with Crippen LogP contribution in [0.5, 0.6) is 5.75 Å². The number of aliphatic hydroxyl groups excluding tert-OH is 1. The van der Waals surface area contributed by atoms with Crippen molar-refractivity contribution in [3.8, 4) is 5.75 Å². The van der Waals surface area contributed by atoms with E-state index in [4.69, 9.17) is 10.5 Å². The number of nitrogens with two attached hydrogens (primary N) is 1. The monoisotopic (exact) mass is 695 g/mol. The number of nitrogens with one attached hydrogen (secondary N) is 1. The minimum absolute atomic E-state index is 0.0814. The number of ether oxygens (including phenoxy) is 1. The number of β-amino-alcohol motifs (C(OH)–C–C–N with tert-alkyl or cyclic N) is 1. The summed E-state index contributed by atoms with van der Waals surface area (Å²) in [7, 11) is 3.80. The van der Waals surface area contributed by atoms with Crippen LogP contribution < -0.4 is 25.6 Å². The number of nitrogens with zero attached hydrogens (tertiary/aromatic N) is 7. The van der Waals surface area contributed by atoms with Gasteiger partial charge in [0.25, 0.3) is 0 Å². The summed E-state index contributed by atoms with van der Waals surface area (Å²) in [6.07, 6.45) is 4.40. The van der Waals surface area contributed by atoms with E-state index in [-0.39, 0.29) is 17.4 Å². The molecular formula is C34H43F2N9O3S. The maximum absolute atomic E-state index is 14.1. The summed E-state index contributed by atoms with van der Waals surface area (Å²) in [5, 5.41) is 18.5. The molecular weight excluding hydrogens is 652 g/mol. The molecule has 1 fully saturated rings. The average molecular weight is 696 g/mol. The van der Waals surface area contributed by atoms with Crippen LogP contribution in [0.25, 0.3) is 0 Å². The van der Waals surface area contributed by atoms with Gasteiger partial charge < -0.3 is 35.6 Å². The van der Waals surface area contributed by atoms with Gasteiger partial charge in [0, 0.05) is 62.0 Å². The van der Waals surface area contributed by atoms with Crippen molar-refractivity contribution >= 4 is 45.5 Å². The van der Waals surface area contributed by atoms with E-state index in [1.807, 2.05) is 31.1 Å². The molecule has 262 valence electrons. The van der Waals surface area contributed by atoms with Gasteiger partial charge in [0.05, 0.1) is 24.0 Å². The Balaban J connectivity index is 0.000000704. The molecule has 6 rings (SSSR count). The number of aliphatic imine (C=N–C) groups is 1. The standard InChI is InChI=1S/C31H38F2N6O3S.C3H5N3/c1-3-39-12-13-42-29-7-5-22(15-26(29)39)37(2)27-16-23(43-31(27)36-30(34)19-40)17-35-21-8-10-38(11-9-21)18-28(41)24-6-4-20(32)14-25(24)33;1-6-3-4-2-5-6/h4-7,14-16,19,21,28,35,41H,3,8-13,17-18H2,1-2H3,(H2,34,36);2-3H,1H3/t28-;/m0./s1. The van der Waals surface area contributed by atoms with Crippen molar-refractivity contribution < 1.29 is 23.4 Å². The number of aliphatic hydroxyl groups is 1. The van der Waals surface area contributed by atoms with E-state index >= 15 is 0 Å². The lowest BCUT2D eigenvalue weighted by Crippen LogP contribution is -2.43. The Hall–Kier alpha value is -4.44. The number of likely N-dealkylation sites (tertiary alicyclic amines) is 1. The number of thiophene rings is 1. The summed E-state index contributed by atoms with van der Waals surface area (Å²) >= 11 is 1.49. The number of hydrogen-bond donors (Lipinski definition) is 3.